The number of benzene rings is 1. The second-order valence-electron chi connectivity index (χ2n) is 4.50. The van der Waals surface area contributed by atoms with Gasteiger partial charge in [-0.05, 0) is 30.9 Å². The molecule has 0 amide bonds. The smallest absolute Gasteiger partial charge is 0.150 e. The molecule has 0 fully saturated rings. The fraction of sp³-hybridized carbons (Fsp3) is 0.538. The number of hydrogen-bond acceptors (Lipinski definition) is 3. The molecule has 0 bridgehead atoms. The van der Waals surface area contributed by atoms with Gasteiger partial charge in [0.1, 0.15) is 15.7 Å². The fourth-order valence-electron chi connectivity index (χ4n) is 1.79. The third-order valence-electron chi connectivity index (χ3n) is 2.75. The first-order valence-electron chi connectivity index (χ1n) is 6.14. The zero-order valence-electron chi connectivity index (χ0n) is 10.6. The van der Waals surface area contributed by atoms with Crippen LogP contribution in [0, 0.1) is 5.82 Å². The fourth-order valence-corrected chi connectivity index (χ4v) is 3.28. The molecule has 102 valence electrons. The topological polar surface area (TPSA) is 60.2 Å². The number of hydrogen-bond donors (Lipinski definition) is 1. The van der Waals surface area contributed by atoms with Gasteiger partial charge in [0.2, 0.25) is 0 Å². The summed E-state index contributed by atoms with van der Waals surface area (Å²) in [4.78, 5) is 0. The molecule has 0 aromatic heterocycles. The van der Waals surface area contributed by atoms with Gasteiger partial charge in [-0.25, -0.2) is 12.8 Å². The highest BCUT2D eigenvalue weighted by molar-refractivity contribution is 7.91. The van der Waals surface area contributed by atoms with Crippen LogP contribution in [0.15, 0.2) is 24.3 Å². The summed E-state index contributed by atoms with van der Waals surface area (Å²) in [6, 6.07) is 6.11. The molecule has 18 heavy (non-hydrogen) atoms. The average molecular weight is 273 g/mol. The van der Waals surface area contributed by atoms with Crippen molar-refractivity contribution in [2.75, 3.05) is 11.5 Å². The molecule has 1 aromatic rings. The molecule has 0 saturated carbocycles. The van der Waals surface area contributed by atoms with E-state index in [2.05, 4.69) is 0 Å². The van der Waals surface area contributed by atoms with E-state index >= 15 is 0 Å². The molecule has 1 rings (SSSR count). The van der Waals surface area contributed by atoms with Gasteiger partial charge in [-0.15, -0.1) is 0 Å². The van der Waals surface area contributed by atoms with Gasteiger partial charge < -0.3 is 5.73 Å². The molecule has 0 aliphatic heterocycles. The Kier molecular flexibility index (Phi) is 5.75. The van der Waals surface area contributed by atoms with Crippen LogP contribution in [0.2, 0.25) is 0 Å². The predicted octanol–water partition coefficient (Wildman–Crippen LogP) is 1.91. The van der Waals surface area contributed by atoms with E-state index in [1.54, 1.807) is 18.2 Å². The summed E-state index contributed by atoms with van der Waals surface area (Å²) in [6.45, 7) is 1.83. The summed E-state index contributed by atoms with van der Waals surface area (Å²) in [7, 11) is -3.00. The van der Waals surface area contributed by atoms with Crippen molar-refractivity contribution in [3.63, 3.8) is 0 Å². The highest BCUT2D eigenvalue weighted by Crippen LogP contribution is 2.10. The zero-order chi connectivity index (χ0) is 13.6. The standard InChI is InChI=1S/C13H20FNO2S/c1-2-8-18(16,17)9-7-12(15)10-11-5-3-4-6-13(11)14/h3-6,12H,2,7-10,15H2,1H3. The zero-order valence-corrected chi connectivity index (χ0v) is 11.4. The Hall–Kier alpha value is -0.940. The van der Waals surface area contributed by atoms with E-state index in [4.69, 9.17) is 5.73 Å². The van der Waals surface area contributed by atoms with Crippen LogP contribution in [0.25, 0.3) is 0 Å². The summed E-state index contributed by atoms with van der Waals surface area (Å²) >= 11 is 0. The maximum Gasteiger partial charge on any atom is 0.150 e. The van der Waals surface area contributed by atoms with E-state index in [0.717, 1.165) is 0 Å². The lowest BCUT2D eigenvalue weighted by Crippen LogP contribution is -2.27. The van der Waals surface area contributed by atoms with E-state index < -0.39 is 9.84 Å². The van der Waals surface area contributed by atoms with Gasteiger partial charge in [-0.1, -0.05) is 25.1 Å². The minimum atomic E-state index is -3.00. The molecule has 0 saturated heterocycles. The number of nitrogens with two attached hydrogens (primary N) is 1. The van der Waals surface area contributed by atoms with Crippen molar-refractivity contribution in [2.24, 2.45) is 5.73 Å². The molecule has 2 N–H and O–H groups in total. The summed E-state index contributed by atoms with van der Waals surface area (Å²) in [5, 5.41) is 0. The van der Waals surface area contributed by atoms with E-state index in [0.29, 0.717) is 24.8 Å². The molecule has 0 spiro atoms. The third kappa shape index (κ3) is 5.14. The normalized spacial score (nSPS) is 13.5. The molecule has 0 heterocycles. The second-order valence-corrected chi connectivity index (χ2v) is 6.80. The maximum absolute atomic E-state index is 13.4. The van der Waals surface area contributed by atoms with Crippen LogP contribution in [0.1, 0.15) is 25.3 Å². The highest BCUT2D eigenvalue weighted by atomic mass is 32.2. The van der Waals surface area contributed by atoms with Crippen LogP contribution < -0.4 is 5.73 Å². The lowest BCUT2D eigenvalue weighted by molar-refractivity contribution is 0.566. The van der Waals surface area contributed by atoms with Gasteiger partial charge in [-0.3, -0.25) is 0 Å². The predicted molar refractivity (Wildman–Crippen MR) is 71.6 cm³/mol. The van der Waals surface area contributed by atoms with Crippen LogP contribution in [-0.2, 0) is 16.3 Å². The van der Waals surface area contributed by atoms with E-state index in [9.17, 15) is 12.8 Å². The Balaban J connectivity index is 2.48. The largest absolute Gasteiger partial charge is 0.327 e. The van der Waals surface area contributed by atoms with Crippen LogP contribution in [0.5, 0.6) is 0 Å². The first kappa shape index (κ1) is 15.1. The van der Waals surface area contributed by atoms with E-state index in [1.807, 2.05) is 6.92 Å². The summed E-state index contributed by atoms with van der Waals surface area (Å²) in [5.74, 6) is -0.0139. The van der Waals surface area contributed by atoms with Crippen molar-refractivity contribution in [3.05, 3.63) is 35.6 Å². The van der Waals surface area contributed by atoms with Crippen molar-refractivity contribution >= 4 is 9.84 Å². The van der Waals surface area contributed by atoms with Crippen molar-refractivity contribution in [1.29, 1.82) is 0 Å². The summed E-state index contributed by atoms with van der Waals surface area (Å²) < 4.78 is 36.4. The molecule has 0 radical (unpaired) electrons. The molecular formula is C13H20FNO2S. The van der Waals surface area contributed by atoms with Gasteiger partial charge >= 0.3 is 0 Å². The Morgan fingerprint density at radius 3 is 2.56 bits per heavy atom. The molecule has 0 aliphatic carbocycles. The summed E-state index contributed by atoms with van der Waals surface area (Å²) in [5.41, 5.74) is 6.39. The molecule has 1 atom stereocenters. The average Bonchev–Trinajstić information content (AvgIpc) is 2.30. The second kappa shape index (κ2) is 6.85. The van der Waals surface area contributed by atoms with Gasteiger partial charge in [0.25, 0.3) is 0 Å². The quantitative estimate of drug-likeness (QED) is 0.825. The summed E-state index contributed by atoms with van der Waals surface area (Å²) in [6.07, 6.45) is 1.36. The third-order valence-corrected chi connectivity index (χ3v) is 4.64. The minimum Gasteiger partial charge on any atom is -0.327 e. The van der Waals surface area contributed by atoms with Gasteiger partial charge in [-0.2, -0.15) is 0 Å². The number of halogens is 1. The van der Waals surface area contributed by atoms with Crippen LogP contribution in [0.4, 0.5) is 4.39 Å². The Bertz CT molecular complexity index is 474. The monoisotopic (exact) mass is 273 g/mol. The van der Waals surface area contributed by atoms with Crippen LogP contribution in [-0.4, -0.2) is 26.0 Å². The Morgan fingerprint density at radius 1 is 1.28 bits per heavy atom. The first-order valence-corrected chi connectivity index (χ1v) is 7.96. The van der Waals surface area contributed by atoms with Gasteiger partial charge in [0.15, 0.2) is 0 Å². The molecule has 5 heteroatoms. The lowest BCUT2D eigenvalue weighted by atomic mass is 10.0. The molecule has 1 unspecified atom stereocenters. The molecule has 3 nitrogen and oxygen atoms in total. The lowest BCUT2D eigenvalue weighted by Gasteiger charge is -2.12. The van der Waals surface area contributed by atoms with Crippen molar-refractivity contribution in [1.82, 2.24) is 0 Å². The van der Waals surface area contributed by atoms with Crippen molar-refractivity contribution in [2.45, 2.75) is 32.2 Å². The number of rotatable bonds is 7. The highest BCUT2D eigenvalue weighted by Gasteiger charge is 2.13. The Labute approximate surface area is 108 Å². The SMILES string of the molecule is CCCS(=O)(=O)CCC(N)Cc1ccccc1F. The van der Waals surface area contributed by atoms with Crippen LogP contribution >= 0.6 is 0 Å². The van der Waals surface area contributed by atoms with E-state index in [1.165, 1.54) is 6.07 Å². The molecule has 0 aliphatic rings. The minimum absolute atomic E-state index is 0.0798. The van der Waals surface area contributed by atoms with Crippen molar-refractivity contribution in [3.8, 4) is 0 Å². The number of sulfone groups is 1. The Morgan fingerprint density at radius 2 is 1.94 bits per heavy atom. The molecular weight excluding hydrogens is 253 g/mol. The first-order chi connectivity index (χ1) is 8.44. The van der Waals surface area contributed by atoms with Gasteiger partial charge in [0, 0.05) is 11.8 Å². The van der Waals surface area contributed by atoms with Crippen molar-refractivity contribution < 1.29 is 12.8 Å². The molecule has 1 aromatic carbocycles. The van der Waals surface area contributed by atoms with E-state index in [-0.39, 0.29) is 23.4 Å². The maximum atomic E-state index is 13.4. The van der Waals surface area contributed by atoms with Gasteiger partial charge in [0.05, 0.1) is 5.75 Å². The van der Waals surface area contributed by atoms with Crippen LogP contribution in [0.3, 0.4) is 0 Å².